The van der Waals surface area contributed by atoms with E-state index in [4.69, 9.17) is 9.47 Å². The van der Waals surface area contributed by atoms with Crippen molar-refractivity contribution in [3.05, 3.63) is 70.9 Å². The van der Waals surface area contributed by atoms with Crippen LogP contribution in [0, 0.1) is 0 Å². The van der Waals surface area contributed by atoms with Gasteiger partial charge in [0.05, 0.1) is 11.0 Å². The van der Waals surface area contributed by atoms with Gasteiger partial charge >= 0.3 is 12.5 Å². The summed E-state index contributed by atoms with van der Waals surface area (Å²) < 4.78 is 38.8. The molecule has 2 aromatic heterocycles. The number of hydrogen-bond donors (Lipinski definition) is 0. The second-order valence-corrected chi connectivity index (χ2v) is 7.54. The van der Waals surface area contributed by atoms with Gasteiger partial charge in [-0.15, -0.1) is 11.3 Å². The Hall–Kier alpha value is -3.26. The first-order valence-electron chi connectivity index (χ1n) is 8.88. The Morgan fingerprint density at radius 2 is 2.00 bits per heavy atom. The van der Waals surface area contributed by atoms with Crippen LogP contribution in [0.2, 0.25) is 0 Å². The number of rotatable bonds is 4. The van der Waals surface area contributed by atoms with Crippen molar-refractivity contribution in [2.75, 3.05) is 0 Å². The van der Waals surface area contributed by atoms with E-state index >= 15 is 0 Å². The highest BCUT2D eigenvalue weighted by Gasteiger charge is 2.24. The fourth-order valence-electron chi connectivity index (χ4n) is 3.42. The minimum Gasteiger partial charge on any atom is -0.488 e. The molecule has 1 aliphatic heterocycles. The van der Waals surface area contributed by atoms with Crippen LogP contribution < -0.4 is 4.74 Å². The van der Waals surface area contributed by atoms with E-state index in [-0.39, 0.29) is 12.4 Å². The van der Waals surface area contributed by atoms with Gasteiger partial charge in [0.15, 0.2) is 5.82 Å². The molecule has 3 heterocycles. The monoisotopic (exact) mass is 412 g/mol. The van der Waals surface area contributed by atoms with Crippen LogP contribution in [0.3, 0.4) is 0 Å². The molecule has 1 aliphatic rings. The smallest absolute Gasteiger partial charge is 0.348 e. The predicted molar refractivity (Wildman–Crippen MR) is 104 cm³/mol. The maximum Gasteiger partial charge on any atom is 0.348 e. The molecule has 0 unspecified atom stereocenters. The van der Waals surface area contributed by atoms with Crippen molar-refractivity contribution < 1.29 is 23.0 Å². The lowest BCUT2D eigenvalue weighted by atomic mass is 10.1. The third-order valence-corrected chi connectivity index (χ3v) is 5.91. The fourth-order valence-corrected chi connectivity index (χ4v) is 4.51. The molecule has 0 fully saturated rings. The number of carbonyl (C=O) groups excluding carboxylic acids is 1. The van der Waals surface area contributed by atoms with Gasteiger partial charge in [0, 0.05) is 16.0 Å². The summed E-state index contributed by atoms with van der Waals surface area (Å²) in [6.45, 7) is -2.75. The van der Waals surface area contributed by atoms with Crippen LogP contribution in [0.1, 0.15) is 27.6 Å². The van der Waals surface area contributed by atoms with Crippen LogP contribution >= 0.6 is 11.3 Å². The van der Waals surface area contributed by atoms with Crippen LogP contribution in [0.25, 0.3) is 21.5 Å². The number of fused-ring (bicyclic) bond motifs is 4. The molecule has 0 amide bonds. The number of aromatic nitrogens is 2. The lowest BCUT2D eigenvalue weighted by molar-refractivity contribution is 0.0392. The molecule has 8 heteroatoms. The van der Waals surface area contributed by atoms with Gasteiger partial charge in [-0.1, -0.05) is 24.3 Å². The Labute approximate surface area is 168 Å². The third-order valence-electron chi connectivity index (χ3n) is 4.72. The van der Waals surface area contributed by atoms with E-state index in [1.54, 1.807) is 30.3 Å². The first kappa shape index (κ1) is 17.8. The fraction of sp³-hybridized carbons (Fsp3) is 0.143. The zero-order valence-corrected chi connectivity index (χ0v) is 15.8. The van der Waals surface area contributed by atoms with E-state index in [2.05, 4.69) is 4.98 Å². The number of ether oxygens (including phenoxy) is 2. The molecular weight excluding hydrogens is 398 g/mol. The average Bonchev–Trinajstić information content (AvgIpc) is 3.33. The van der Waals surface area contributed by atoms with E-state index in [9.17, 15) is 13.6 Å². The molecule has 5 nitrogen and oxygen atoms in total. The summed E-state index contributed by atoms with van der Waals surface area (Å²) in [6, 6.07) is 15.9. The van der Waals surface area contributed by atoms with Crippen LogP contribution in [0.4, 0.5) is 8.78 Å². The Kier molecular flexibility index (Phi) is 4.28. The number of carbonyl (C=O) groups is 1. The molecule has 4 aromatic rings. The maximum atomic E-state index is 13.5. The van der Waals surface area contributed by atoms with Gasteiger partial charge in [-0.3, -0.25) is 4.57 Å². The summed E-state index contributed by atoms with van der Waals surface area (Å²) in [6.07, 6.45) is 0. The normalized spacial score (nSPS) is 12.5. The summed E-state index contributed by atoms with van der Waals surface area (Å²) >= 11 is 1.31. The molecule has 0 radical (unpaired) electrons. The molecular formula is C21H14F2N2O3S. The van der Waals surface area contributed by atoms with E-state index in [1.165, 1.54) is 11.3 Å². The van der Waals surface area contributed by atoms with Crippen molar-refractivity contribution >= 4 is 28.3 Å². The molecule has 0 N–H and O–H groups in total. The minimum atomic E-state index is -2.78. The first-order chi connectivity index (χ1) is 14.1. The van der Waals surface area contributed by atoms with Crippen molar-refractivity contribution in [2.24, 2.45) is 0 Å². The van der Waals surface area contributed by atoms with Gasteiger partial charge in [0.1, 0.15) is 23.8 Å². The van der Waals surface area contributed by atoms with Crippen molar-refractivity contribution in [1.29, 1.82) is 0 Å². The second-order valence-electron chi connectivity index (χ2n) is 6.49. The highest BCUT2D eigenvalue weighted by Crippen LogP contribution is 2.42. The Morgan fingerprint density at radius 1 is 1.21 bits per heavy atom. The molecule has 0 saturated carbocycles. The Morgan fingerprint density at radius 3 is 2.86 bits per heavy atom. The highest BCUT2D eigenvalue weighted by molar-refractivity contribution is 7.17. The molecule has 0 aliphatic carbocycles. The van der Waals surface area contributed by atoms with E-state index < -0.39 is 12.5 Å². The summed E-state index contributed by atoms with van der Waals surface area (Å²) in [4.78, 5) is 18.1. The van der Waals surface area contributed by atoms with Crippen molar-refractivity contribution in [3.8, 4) is 16.2 Å². The zero-order valence-electron chi connectivity index (χ0n) is 15.0. The van der Waals surface area contributed by atoms with Gasteiger partial charge in [-0.2, -0.15) is 8.78 Å². The summed E-state index contributed by atoms with van der Waals surface area (Å²) in [5.41, 5.74) is 2.56. The number of imidazole rings is 1. The molecule has 0 saturated heterocycles. The van der Waals surface area contributed by atoms with Gasteiger partial charge in [-0.25, -0.2) is 9.78 Å². The molecule has 5 rings (SSSR count). The van der Waals surface area contributed by atoms with Crippen molar-refractivity contribution in [3.63, 3.8) is 0 Å². The molecule has 29 heavy (non-hydrogen) atoms. The molecule has 0 spiro atoms. The number of para-hydroxylation sites is 3. The zero-order chi connectivity index (χ0) is 20.0. The van der Waals surface area contributed by atoms with Crippen LogP contribution in [-0.2, 0) is 18.0 Å². The Balaban J connectivity index is 1.40. The summed E-state index contributed by atoms with van der Waals surface area (Å²) in [7, 11) is 0. The van der Waals surface area contributed by atoms with E-state index in [0.29, 0.717) is 22.5 Å². The molecule has 146 valence electrons. The SMILES string of the molecule is O=C(OCc1nc2ccccc2n1C(F)F)c1cc2c(s1)-c1ccccc1OC2. The average molecular weight is 412 g/mol. The summed E-state index contributed by atoms with van der Waals surface area (Å²) in [5.74, 6) is 0.201. The number of halogens is 2. The molecule has 2 aromatic carbocycles. The highest BCUT2D eigenvalue weighted by atomic mass is 32.1. The number of hydrogen-bond acceptors (Lipinski definition) is 5. The standard InChI is InChI=1S/C21H14F2N2O3S/c22-21(23)25-15-7-3-2-6-14(15)24-18(25)11-28-20(26)17-9-12-10-27-16-8-4-1-5-13(16)19(12)29-17/h1-9,21H,10-11H2. The predicted octanol–water partition coefficient (Wildman–Crippen LogP) is 5.41. The van der Waals surface area contributed by atoms with Crippen LogP contribution in [-0.4, -0.2) is 15.5 Å². The van der Waals surface area contributed by atoms with Crippen LogP contribution in [0.15, 0.2) is 54.6 Å². The van der Waals surface area contributed by atoms with Gasteiger partial charge < -0.3 is 9.47 Å². The maximum absolute atomic E-state index is 13.5. The number of nitrogens with zero attached hydrogens (tertiary/aromatic N) is 2. The number of thiophene rings is 1. The number of alkyl halides is 2. The van der Waals surface area contributed by atoms with E-state index in [1.807, 2.05) is 24.3 Å². The van der Waals surface area contributed by atoms with Crippen LogP contribution in [0.5, 0.6) is 5.75 Å². The summed E-state index contributed by atoms with van der Waals surface area (Å²) in [5, 5.41) is 0. The molecule has 0 bridgehead atoms. The van der Waals surface area contributed by atoms with Gasteiger partial charge in [-0.05, 0) is 30.3 Å². The second kappa shape index (κ2) is 6.97. The van der Waals surface area contributed by atoms with E-state index in [0.717, 1.165) is 26.3 Å². The first-order valence-corrected chi connectivity index (χ1v) is 9.69. The quantitative estimate of drug-likeness (QED) is 0.421. The third kappa shape index (κ3) is 3.05. The van der Waals surface area contributed by atoms with Crippen molar-refractivity contribution in [1.82, 2.24) is 9.55 Å². The lowest BCUT2D eigenvalue weighted by Crippen LogP contribution is -2.10. The minimum absolute atomic E-state index is 0.00421. The number of benzene rings is 2. The lowest BCUT2D eigenvalue weighted by Gasteiger charge is -2.16. The van der Waals surface area contributed by atoms with Gasteiger partial charge in [0.25, 0.3) is 0 Å². The Bertz CT molecular complexity index is 1230. The topological polar surface area (TPSA) is 53.3 Å². The largest absolute Gasteiger partial charge is 0.488 e. The van der Waals surface area contributed by atoms with Crippen molar-refractivity contribution in [2.45, 2.75) is 19.8 Å². The molecule has 0 atom stereocenters. The number of esters is 1. The van der Waals surface area contributed by atoms with Gasteiger partial charge in [0.2, 0.25) is 0 Å².